The topological polar surface area (TPSA) is 53.1 Å². The van der Waals surface area contributed by atoms with Gasteiger partial charge >= 0.3 is 0 Å². The van der Waals surface area contributed by atoms with Crippen LogP contribution in [0.3, 0.4) is 0 Å². The molecule has 2 aromatic rings. The molecule has 1 unspecified atom stereocenters. The number of aromatic nitrogens is 2. The van der Waals surface area contributed by atoms with E-state index in [-0.39, 0.29) is 0 Å². The number of hydrogen-bond donors (Lipinski definition) is 1. The largest absolute Gasteiger partial charge is 0.381 e. The number of nitrogens with zero attached hydrogens (tertiary/aromatic N) is 2. The van der Waals surface area contributed by atoms with Gasteiger partial charge in [0.25, 0.3) is 0 Å². The molecule has 1 aliphatic rings. The van der Waals surface area contributed by atoms with E-state index in [1.54, 1.807) is 0 Å². The molecule has 1 aromatic carbocycles. The minimum absolute atomic E-state index is 0.555. The van der Waals surface area contributed by atoms with E-state index in [4.69, 9.17) is 10.5 Å². The van der Waals surface area contributed by atoms with Gasteiger partial charge in [-0.05, 0) is 37.5 Å². The fraction of sp³-hybridized carbons (Fsp3) is 0.500. The molecule has 2 heterocycles. The Kier molecular flexibility index (Phi) is 2.96. The van der Waals surface area contributed by atoms with Gasteiger partial charge in [0.1, 0.15) is 0 Å². The van der Waals surface area contributed by atoms with Crippen molar-refractivity contribution in [1.29, 1.82) is 0 Å². The highest BCUT2D eigenvalue weighted by atomic mass is 16.5. The van der Waals surface area contributed by atoms with Gasteiger partial charge in [-0.3, -0.25) is 0 Å². The molecule has 1 atom stereocenters. The standard InChI is InChI=1S/C14H19N3O/c1-10-4-5-13-12(7-10)16-14(15)17(13)8-11-3-2-6-18-9-11/h4-5,7,11H,2-3,6,8-9H2,1H3,(H2,15,16). The third kappa shape index (κ3) is 2.08. The van der Waals surface area contributed by atoms with Crippen molar-refractivity contribution >= 4 is 17.0 Å². The molecule has 1 aliphatic heterocycles. The van der Waals surface area contributed by atoms with Crippen LogP contribution in [0.5, 0.6) is 0 Å². The van der Waals surface area contributed by atoms with E-state index in [0.717, 1.165) is 37.2 Å². The molecule has 0 amide bonds. The van der Waals surface area contributed by atoms with Crippen LogP contribution in [0.1, 0.15) is 18.4 Å². The molecule has 1 aromatic heterocycles. The second kappa shape index (κ2) is 4.61. The summed E-state index contributed by atoms with van der Waals surface area (Å²) in [6, 6.07) is 6.30. The number of anilines is 1. The summed E-state index contributed by atoms with van der Waals surface area (Å²) in [4.78, 5) is 4.44. The van der Waals surface area contributed by atoms with Gasteiger partial charge in [0.15, 0.2) is 0 Å². The van der Waals surface area contributed by atoms with E-state index in [9.17, 15) is 0 Å². The van der Waals surface area contributed by atoms with Gasteiger partial charge in [-0.1, -0.05) is 6.07 Å². The van der Waals surface area contributed by atoms with Crippen molar-refractivity contribution in [2.24, 2.45) is 5.92 Å². The van der Waals surface area contributed by atoms with Crippen LogP contribution in [-0.2, 0) is 11.3 Å². The van der Waals surface area contributed by atoms with E-state index in [0.29, 0.717) is 11.9 Å². The van der Waals surface area contributed by atoms with E-state index in [1.165, 1.54) is 12.0 Å². The second-order valence-electron chi connectivity index (χ2n) is 5.16. The molecule has 0 saturated carbocycles. The zero-order valence-electron chi connectivity index (χ0n) is 10.7. The van der Waals surface area contributed by atoms with Crippen LogP contribution in [0, 0.1) is 12.8 Å². The Hall–Kier alpha value is -1.55. The van der Waals surface area contributed by atoms with Crippen LogP contribution >= 0.6 is 0 Å². The maximum Gasteiger partial charge on any atom is 0.201 e. The van der Waals surface area contributed by atoms with E-state index in [2.05, 4.69) is 34.7 Å². The van der Waals surface area contributed by atoms with Gasteiger partial charge in [0, 0.05) is 19.1 Å². The Bertz CT molecular complexity index is 555. The molecule has 0 radical (unpaired) electrons. The smallest absolute Gasteiger partial charge is 0.201 e. The summed E-state index contributed by atoms with van der Waals surface area (Å²) in [6.45, 7) is 4.72. The van der Waals surface area contributed by atoms with Crippen LogP contribution in [0.4, 0.5) is 5.95 Å². The number of imidazole rings is 1. The van der Waals surface area contributed by atoms with E-state index in [1.807, 2.05) is 0 Å². The second-order valence-corrected chi connectivity index (χ2v) is 5.16. The minimum atomic E-state index is 0.555. The Morgan fingerprint density at radius 2 is 2.39 bits per heavy atom. The van der Waals surface area contributed by atoms with Crippen molar-refractivity contribution in [3.05, 3.63) is 23.8 Å². The maximum absolute atomic E-state index is 6.03. The highest BCUT2D eigenvalue weighted by Gasteiger charge is 2.17. The summed E-state index contributed by atoms with van der Waals surface area (Å²) in [5.74, 6) is 1.17. The van der Waals surface area contributed by atoms with Crippen LogP contribution in [0.25, 0.3) is 11.0 Å². The number of benzene rings is 1. The molecular weight excluding hydrogens is 226 g/mol. The predicted octanol–water partition coefficient (Wildman–Crippen LogP) is 2.35. The third-order valence-electron chi connectivity index (χ3n) is 3.63. The summed E-state index contributed by atoms with van der Waals surface area (Å²) in [7, 11) is 0. The molecule has 0 spiro atoms. The fourth-order valence-electron chi connectivity index (χ4n) is 2.66. The van der Waals surface area contributed by atoms with Crippen molar-refractivity contribution in [2.45, 2.75) is 26.3 Å². The van der Waals surface area contributed by atoms with Gasteiger partial charge in [-0.2, -0.15) is 0 Å². The molecule has 2 N–H and O–H groups in total. The Balaban J connectivity index is 1.92. The monoisotopic (exact) mass is 245 g/mol. The number of aryl methyl sites for hydroxylation is 1. The lowest BCUT2D eigenvalue weighted by molar-refractivity contribution is 0.0490. The van der Waals surface area contributed by atoms with E-state index < -0.39 is 0 Å². The number of nitrogen functional groups attached to an aromatic ring is 1. The fourth-order valence-corrected chi connectivity index (χ4v) is 2.66. The number of ether oxygens (including phenoxy) is 1. The molecule has 96 valence electrons. The minimum Gasteiger partial charge on any atom is -0.381 e. The summed E-state index contributed by atoms with van der Waals surface area (Å²) in [6.07, 6.45) is 2.36. The van der Waals surface area contributed by atoms with Crippen LogP contribution < -0.4 is 5.73 Å². The van der Waals surface area contributed by atoms with Gasteiger partial charge in [0.2, 0.25) is 5.95 Å². The highest BCUT2D eigenvalue weighted by molar-refractivity contribution is 5.79. The zero-order valence-corrected chi connectivity index (χ0v) is 10.7. The average molecular weight is 245 g/mol. The zero-order chi connectivity index (χ0) is 12.5. The van der Waals surface area contributed by atoms with Crippen molar-refractivity contribution in [3.8, 4) is 0 Å². The molecule has 0 aliphatic carbocycles. The van der Waals surface area contributed by atoms with Crippen molar-refractivity contribution in [2.75, 3.05) is 18.9 Å². The molecule has 4 heteroatoms. The first-order valence-electron chi connectivity index (χ1n) is 6.54. The normalized spacial score (nSPS) is 20.4. The average Bonchev–Trinajstić information content (AvgIpc) is 2.66. The summed E-state index contributed by atoms with van der Waals surface area (Å²) >= 11 is 0. The van der Waals surface area contributed by atoms with Crippen molar-refractivity contribution < 1.29 is 4.74 Å². The third-order valence-corrected chi connectivity index (χ3v) is 3.63. The first-order valence-corrected chi connectivity index (χ1v) is 6.54. The molecule has 3 rings (SSSR count). The summed E-state index contributed by atoms with van der Waals surface area (Å²) < 4.78 is 7.65. The van der Waals surface area contributed by atoms with Crippen LogP contribution in [0.2, 0.25) is 0 Å². The lowest BCUT2D eigenvalue weighted by Crippen LogP contribution is -2.22. The van der Waals surface area contributed by atoms with Crippen LogP contribution in [-0.4, -0.2) is 22.8 Å². The van der Waals surface area contributed by atoms with E-state index >= 15 is 0 Å². The predicted molar refractivity (Wildman–Crippen MR) is 72.4 cm³/mol. The molecule has 1 saturated heterocycles. The van der Waals surface area contributed by atoms with Crippen LogP contribution in [0.15, 0.2) is 18.2 Å². The number of fused-ring (bicyclic) bond motifs is 1. The molecular formula is C14H19N3O. The molecule has 18 heavy (non-hydrogen) atoms. The van der Waals surface area contributed by atoms with Gasteiger partial charge in [0.05, 0.1) is 17.6 Å². The van der Waals surface area contributed by atoms with Gasteiger partial charge in [-0.25, -0.2) is 4.98 Å². The maximum atomic E-state index is 6.03. The summed E-state index contributed by atoms with van der Waals surface area (Å²) in [5.41, 5.74) is 9.37. The Morgan fingerprint density at radius 1 is 1.50 bits per heavy atom. The highest BCUT2D eigenvalue weighted by Crippen LogP contribution is 2.23. The first-order chi connectivity index (χ1) is 8.74. The first kappa shape index (κ1) is 11.5. The lowest BCUT2D eigenvalue weighted by Gasteiger charge is -2.23. The molecule has 4 nitrogen and oxygen atoms in total. The summed E-state index contributed by atoms with van der Waals surface area (Å²) in [5, 5.41) is 0. The SMILES string of the molecule is Cc1ccc2c(c1)nc(N)n2CC1CCCOC1. The lowest BCUT2D eigenvalue weighted by atomic mass is 10.0. The molecule has 0 bridgehead atoms. The van der Waals surface area contributed by atoms with Gasteiger partial charge < -0.3 is 15.0 Å². The Labute approximate surface area is 107 Å². The van der Waals surface area contributed by atoms with Crippen molar-refractivity contribution in [1.82, 2.24) is 9.55 Å². The number of nitrogens with two attached hydrogens (primary N) is 1. The quantitative estimate of drug-likeness (QED) is 0.883. The number of rotatable bonds is 2. The molecule has 1 fully saturated rings. The van der Waals surface area contributed by atoms with Crippen molar-refractivity contribution in [3.63, 3.8) is 0 Å². The number of hydrogen-bond acceptors (Lipinski definition) is 3. The Morgan fingerprint density at radius 3 is 3.17 bits per heavy atom. The van der Waals surface area contributed by atoms with Gasteiger partial charge in [-0.15, -0.1) is 0 Å².